The molecule has 1 unspecified atom stereocenters. The van der Waals surface area contributed by atoms with Crippen molar-refractivity contribution in [2.24, 2.45) is 0 Å². The van der Waals surface area contributed by atoms with E-state index in [4.69, 9.17) is 9.47 Å². The zero-order chi connectivity index (χ0) is 18.5. The fourth-order valence-corrected chi connectivity index (χ4v) is 3.58. The number of carbonyl (C=O) groups excluding carboxylic acids is 1. The van der Waals surface area contributed by atoms with E-state index in [1.807, 2.05) is 23.1 Å². The highest BCUT2D eigenvalue weighted by molar-refractivity contribution is 5.95. The molecule has 1 saturated heterocycles. The normalized spacial score (nSPS) is 16.4. The Hall–Kier alpha value is -2.82. The molecule has 1 fully saturated rings. The molecule has 26 heavy (non-hydrogen) atoms. The molecule has 1 amide bonds. The average Bonchev–Trinajstić information content (AvgIpc) is 3.17. The molecule has 0 bridgehead atoms. The molecule has 0 saturated carbocycles. The van der Waals surface area contributed by atoms with Gasteiger partial charge in [-0.05, 0) is 49.1 Å². The lowest BCUT2D eigenvalue weighted by Gasteiger charge is -2.26. The first-order chi connectivity index (χ1) is 12.7. The van der Waals surface area contributed by atoms with Crippen molar-refractivity contribution >= 4 is 5.91 Å². The molecule has 1 aliphatic rings. The topological polar surface area (TPSA) is 51.7 Å². The van der Waals surface area contributed by atoms with Gasteiger partial charge in [0.25, 0.3) is 5.91 Å². The summed E-state index contributed by atoms with van der Waals surface area (Å²) in [5.41, 5.74) is 2.63. The number of aromatic nitrogens is 1. The fourth-order valence-electron chi connectivity index (χ4n) is 3.58. The Balaban J connectivity index is 1.96. The van der Waals surface area contributed by atoms with Gasteiger partial charge in [-0.2, -0.15) is 0 Å². The van der Waals surface area contributed by atoms with E-state index in [1.54, 1.807) is 38.8 Å². The summed E-state index contributed by atoms with van der Waals surface area (Å²) in [6.45, 7) is 4.54. The molecule has 0 spiro atoms. The van der Waals surface area contributed by atoms with Gasteiger partial charge in [0.05, 0.1) is 20.3 Å². The van der Waals surface area contributed by atoms with Gasteiger partial charge in [0, 0.05) is 30.1 Å². The summed E-state index contributed by atoms with van der Waals surface area (Å²) in [5, 5.41) is 0. The number of hydrogen-bond donors (Lipinski definition) is 0. The minimum Gasteiger partial charge on any atom is -0.493 e. The maximum absolute atomic E-state index is 13.2. The van der Waals surface area contributed by atoms with Crippen LogP contribution >= 0.6 is 0 Å². The van der Waals surface area contributed by atoms with E-state index in [0.717, 1.165) is 30.5 Å². The van der Waals surface area contributed by atoms with Crippen molar-refractivity contribution in [3.63, 3.8) is 0 Å². The van der Waals surface area contributed by atoms with Gasteiger partial charge in [0.1, 0.15) is 0 Å². The quantitative estimate of drug-likeness (QED) is 0.742. The van der Waals surface area contributed by atoms with Gasteiger partial charge in [-0.15, -0.1) is 6.58 Å². The third kappa shape index (κ3) is 3.43. The van der Waals surface area contributed by atoms with Crippen LogP contribution in [0.4, 0.5) is 0 Å². The van der Waals surface area contributed by atoms with Crippen molar-refractivity contribution in [1.29, 1.82) is 0 Å². The number of rotatable bonds is 6. The predicted molar refractivity (Wildman–Crippen MR) is 101 cm³/mol. The lowest BCUT2D eigenvalue weighted by atomic mass is 10.0. The molecule has 1 aliphatic heterocycles. The Morgan fingerprint density at radius 3 is 2.73 bits per heavy atom. The smallest absolute Gasteiger partial charge is 0.254 e. The lowest BCUT2D eigenvalue weighted by molar-refractivity contribution is 0.0735. The molecule has 136 valence electrons. The molecular formula is C21H24N2O3. The Bertz CT molecular complexity index is 789. The summed E-state index contributed by atoms with van der Waals surface area (Å²) in [6, 6.07) is 7.69. The second kappa shape index (κ2) is 8.04. The SMILES string of the molecule is C=CCc1cc(C(=O)N2CCCC2c2ccncc2)cc(OC)c1OC. The van der Waals surface area contributed by atoms with Gasteiger partial charge in [-0.1, -0.05) is 6.08 Å². The van der Waals surface area contributed by atoms with Gasteiger partial charge in [-0.25, -0.2) is 0 Å². The summed E-state index contributed by atoms with van der Waals surface area (Å²) in [6.07, 6.45) is 7.90. The third-order valence-electron chi connectivity index (χ3n) is 4.77. The standard InChI is InChI=1S/C21H24N2O3/c1-4-6-16-13-17(14-19(25-2)20(16)26-3)21(24)23-12-5-7-18(23)15-8-10-22-11-9-15/h4,8-11,13-14,18H,1,5-7,12H2,2-3H3. The third-order valence-corrected chi connectivity index (χ3v) is 4.77. The Labute approximate surface area is 154 Å². The number of carbonyl (C=O) groups is 1. The molecule has 3 rings (SSSR count). The molecule has 0 aliphatic carbocycles. The molecule has 1 aromatic heterocycles. The first-order valence-corrected chi connectivity index (χ1v) is 8.76. The van der Waals surface area contributed by atoms with Crippen LogP contribution < -0.4 is 9.47 Å². The van der Waals surface area contributed by atoms with E-state index < -0.39 is 0 Å². The monoisotopic (exact) mass is 352 g/mol. The highest BCUT2D eigenvalue weighted by Gasteiger charge is 2.31. The second-order valence-electron chi connectivity index (χ2n) is 6.30. The molecule has 1 aromatic carbocycles. The van der Waals surface area contributed by atoms with Crippen LogP contribution in [0.1, 0.15) is 40.4 Å². The number of likely N-dealkylation sites (tertiary alicyclic amines) is 1. The molecule has 2 heterocycles. The van der Waals surface area contributed by atoms with E-state index in [0.29, 0.717) is 23.5 Å². The number of pyridine rings is 1. The first-order valence-electron chi connectivity index (χ1n) is 8.76. The minimum atomic E-state index is 0.00979. The van der Waals surface area contributed by atoms with Gasteiger partial charge >= 0.3 is 0 Å². The minimum absolute atomic E-state index is 0.00979. The summed E-state index contributed by atoms with van der Waals surface area (Å²) in [5.74, 6) is 1.22. The Morgan fingerprint density at radius 2 is 2.08 bits per heavy atom. The maximum Gasteiger partial charge on any atom is 0.254 e. The van der Waals surface area contributed by atoms with Crippen LogP contribution in [0, 0.1) is 0 Å². The van der Waals surface area contributed by atoms with Crippen LogP contribution in [-0.2, 0) is 6.42 Å². The zero-order valence-electron chi connectivity index (χ0n) is 15.3. The van der Waals surface area contributed by atoms with Crippen molar-refractivity contribution < 1.29 is 14.3 Å². The molecule has 0 N–H and O–H groups in total. The molecule has 5 nitrogen and oxygen atoms in total. The van der Waals surface area contributed by atoms with E-state index in [1.165, 1.54) is 0 Å². The van der Waals surface area contributed by atoms with Crippen LogP contribution in [0.25, 0.3) is 0 Å². The molecule has 0 radical (unpaired) electrons. The molecule has 1 atom stereocenters. The highest BCUT2D eigenvalue weighted by Crippen LogP contribution is 2.36. The number of nitrogens with zero attached hydrogens (tertiary/aromatic N) is 2. The number of ether oxygens (including phenoxy) is 2. The average molecular weight is 352 g/mol. The highest BCUT2D eigenvalue weighted by atomic mass is 16.5. The van der Waals surface area contributed by atoms with Crippen molar-refractivity contribution in [3.05, 3.63) is 66.0 Å². The number of amides is 1. The van der Waals surface area contributed by atoms with Crippen molar-refractivity contribution in [2.75, 3.05) is 20.8 Å². The fraction of sp³-hybridized carbons (Fsp3) is 0.333. The summed E-state index contributed by atoms with van der Waals surface area (Å²) in [4.78, 5) is 19.3. The van der Waals surface area contributed by atoms with Gasteiger partial charge in [0.15, 0.2) is 11.5 Å². The van der Waals surface area contributed by atoms with Gasteiger partial charge < -0.3 is 14.4 Å². The summed E-state index contributed by atoms with van der Waals surface area (Å²) in [7, 11) is 3.19. The van der Waals surface area contributed by atoms with Crippen LogP contribution in [0.3, 0.4) is 0 Å². The molecular weight excluding hydrogens is 328 g/mol. The number of benzene rings is 1. The number of allylic oxidation sites excluding steroid dienone is 1. The van der Waals surface area contributed by atoms with E-state index in [-0.39, 0.29) is 11.9 Å². The molecule has 5 heteroatoms. The van der Waals surface area contributed by atoms with Crippen molar-refractivity contribution in [3.8, 4) is 11.5 Å². The van der Waals surface area contributed by atoms with Crippen LogP contribution in [0.2, 0.25) is 0 Å². The summed E-state index contributed by atoms with van der Waals surface area (Å²) < 4.78 is 10.9. The van der Waals surface area contributed by atoms with Gasteiger partial charge in [-0.3, -0.25) is 9.78 Å². The number of methoxy groups -OCH3 is 2. The van der Waals surface area contributed by atoms with E-state index in [9.17, 15) is 4.79 Å². The van der Waals surface area contributed by atoms with E-state index >= 15 is 0 Å². The van der Waals surface area contributed by atoms with E-state index in [2.05, 4.69) is 11.6 Å². The lowest BCUT2D eigenvalue weighted by Crippen LogP contribution is -2.30. The Morgan fingerprint density at radius 1 is 1.31 bits per heavy atom. The van der Waals surface area contributed by atoms with Crippen molar-refractivity contribution in [2.45, 2.75) is 25.3 Å². The van der Waals surface area contributed by atoms with Crippen LogP contribution in [-0.4, -0.2) is 36.6 Å². The van der Waals surface area contributed by atoms with Crippen LogP contribution in [0.5, 0.6) is 11.5 Å². The summed E-state index contributed by atoms with van der Waals surface area (Å²) >= 11 is 0. The largest absolute Gasteiger partial charge is 0.493 e. The first kappa shape index (κ1) is 18.0. The number of hydrogen-bond acceptors (Lipinski definition) is 4. The predicted octanol–water partition coefficient (Wildman–Crippen LogP) is 3.80. The second-order valence-corrected chi connectivity index (χ2v) is 6.30. The zero-order valence-corrected chi connectivity index (χ0v) is 15.3. The Kier molecular flexibility index (Phi) is 5.56. The maximum atomic E-state index is 13.2. The van der Waals surface area contributed by atoms with Gasteiger partial charge in [0.2, 0.25) is 0 Å². The van der Waals surface area contributed by atoms with Crippen LogP contribution in [0.15, 0.2) is 49.3 Å². The molecule has 2 aromatic rings. The van der Waals surface area contributed by atoms with Crippen molar-refractivity contribution in [1.82, 2.24) is 9.88 Å².